The predicted octanol–water partition coefficient (Wildman–Crippen LogP) is 1.57. The number of hydrogen-bond acceptors (Lipinski definition) is 4. The highest BCUT2D eigenvalue weighted by Gasteiger charge is 2.41. The second-order valence-electron chi connectivity index (χ2n) is 5.55. The van der Waals surface area contributed by atoms with E-state index in [4.69, 9.17) is 0 Å². The first-order valence-electron chi connectivity index (χ1n) is 6.99. The smallest absolute Gasteiger partial charge is 0.388 e. The van der Waals surface area contributed by atoms with Crippen LogP contribution < -0.4 is 0 Å². The Morgan fingerprint density at radius 1 is 1.21 bits per heavy atom. The molecule has 1 fully saturated rings. The SMILES string of the molecule is O=C(c1cnc2ccc(F)cc2c1C(F)(F)F)N1C[C@H](O)[C@@H](O)C1. The first-order valence-corrected chi connectivity index (χ1v) is 6.99. The Hall–Kier alpha value is -2.26. The predicted molar refractivity (Wildman–Crippen MR) is 74.6 cm³/mol. The van der Waals surface area contributed by atoms with E-state index in [-0.39, 0.29) is 18.6 Å². The summed E-state index contributed by atoms with van der Waals surface area (Å²) in [6.07, 6.45) is -6.58. The van der Waals surface area contributed by atoms with Gasteiger partial charge in [-0.3, -0.25) is 9.78 Å². The van der Waals surface area contributed by atoms with Crippen molar-refractivity contribution in [3.63, 3.8) is 0 Å². The van der Waals surface area contributed by atoms with E-state index in [1.54, 1.807) is 0 Å². The number of rotatable bonds is 1. The van der Waals surface area contributed by atoms with Crippen molar-refractivity contribution in [3.8, 4) is 0 Å². The Labute approximate surface area is 133 Å². The highest BCUT2D eigenvalue weighted by atomic mass is 19.4. The van der Waals surface area contributed by atoms with Crippen LogP contribution in [0.5, 0.6) is 0 Å². The van der Waals surface area contributed by atoms with Gasteiger partial charge < -0.3 is 15.1 Å². The summed E-state index contributed by atoms with van der Waals surface area (Å²) in [6.45, 7) is -0.586. The van der Waals surface area contributed by atoms with E-state index in [1.165, 1.54) is 0 Å². The molecule has 2 aromatic rings. The monoisotopic (exact) mass is 344 g/mol. The maximum absolute atomic E-state index is 13.5. The van der Waals surface area contributed by atoms with Crippen molar-refractivity contribution in [2.75, 3.05) is 13.1 Å². The Morgan fingerprint density at radius 2 is 1.83 bits per heavy atom. The van der Waals surface area contributed by atoms with Gasteiger partial charge in [0, 0.05) is 24.7 Å². The maximum Gasteiger partial charge on any atom is 0.417 e. The molecule has 1 aromatic carbocycles. The second-order valence-corrected chi connectivity index (χ2v) is 5.55. The molecule has 0 bridgehead atoms. The minimum absolute atomic E-state index is 0.0956. The number of pyridine rings is 1. The van der Waals surface area contributed by atoms with Gasteiger partial charge in [0.2, 0.25) is 0 Å². The lowest BCUT2D eigenvalue weighted by Crippen LogP contribution is -2.32. The molecule has 9 heteroatoms. The molecule has 2 N–H and O–H groups in total. The van der Waals surface area contributed by atoms with Gasteiger partial charge in [-0.15, -0.1) is 0 Å². The number of aliphatic hydroxyl groups excluding tert-OH is 2. The van der Waals surface area contributed by atoms with Crippen molar-refractivity contribution in [1.29, 1.82) is 0 Å². The molecule has 2 heterocycles. The Kier molecular flexibility index (Phi) is 3.92. The topological polar surface area (TPSA) is 73.7 Å². The quantitative estimate of drug-likeness (QED) is 0.771. The van der Waals surface area contributed by atoms with Crippen molar-refractivity contribution in [3.05, 3.63) is 41.3 Å². The summed E-state index contributed by atoms with van der Waals surface area (Å²) in [5, 5.41) is 18.4. The van der Waals surface area contributed by atoms with Crippen molar-refractivity contribution >= 4 is 16.8 Å². The van der Waals surface area contributed by atoms with E-state index in [0.29, 0.717) is 6.07 Å². The van der Waals surface area contributed by atoms with Gasteiger partial charge in [0.1, 0.15) is 5.82 Å². The van der Waals surface area contributed by atoms with Crippen LogP contribution in [0.2, 0.25) is 0 Å². The van der Waals surface area contributed by atoms with Gasteiger partial charge in [0.15, 0.2) is 0 Å². The van der Waals surface area contributed by atoms with E-state index in [0.717, 1.165) is 23.2 Å². The fourth-order valence-electron chi connectivity index (χ4n) is 2.74. The number of amides is 1. The minimum Gasteiger partial charge on any atom is -0.388 e. The zero-order valence-corrected chi connectivity index (χ0v) is 12.1. The van der Waals surface area contributed by atoms with Gasteiger partial charge in [-0.25, -0.2) is 4.39 Å². The van der Waals surface area contributed by atoms with Gasteiger partial charge in [0.25, 0.3) is 5.91 Å². The summed E-state index contributed by atoms with van der Waals surface area (Å²) in [7, 11) is 0. The summed E-state index contributed by atoms with van der Waals surface area (Å²) in [5.74, 6) is -1.91. The van der Waals surface area contributed by atoms with Gasteiger partial charge in [-0.1, -0.05) is 0 Å². The van der Waals surface area contributed by atoms with Crippen molar-refractivity contribution in [2.45, 2.75) is 18.4 Å². The highest BCUT2D eigenvalue weighted by molar-refractivity contribution is 6.00. The number of aliphatic hydroxyl groups is 2. The molecule has 0 aliphatic carbocycles. The Bertz CT molecular complexity index is 799. The lowest BCUT2D eigenvalue weighted by atomic mass is 10.0. The minimum atomic E-state index is -4.91. The van der Waals surface area contributed by atoms with Crippen LogP contribution in [-0.4, -0.2) is 51.3 Å². The fourth-order valence-corrected chi connectivity index (χ4v) is 2.74. The average molecular weight is 344 g/mol. The first-order chi connectivity index (χ1) is 11.2. The van der Waals surface area contributed by atoms with E-state index < -0.39 is 46.6 Å². The zero-order valence-electron chi connectivity index (χ0n) is 12.1. The van der Waals surface area contributed by atoms with E-state index in [2.05, 4.69) is 4.98 Å². The zero-order chi connectivity index (χ0) is 17.6. The normalized spacial score (nSPS) is 21.5. The molecule has 0 radical (unpaired) electrons. The van der Waals surface area contributed by atoms with E-state index >= 15 is 0 Å². The highest BCUT2D eigenvalue weighted by Crippen LogP contribution is 2.37. The standard InChI is InChI=1S/C15H12F4N2O3/c16-7-1-2-10-8(3-7)13(15(17,18)19)9(4-20-10)14(24)21-5-11(22)12(23)6-21/h1-4,11-12,22-23H,5-6H2/t11-,12-/m0/s1. The number of fused-ring (bicyclic) bond motifs is 1. The number of carbonyl (C=O) groups excluding carboxylic acids is 1. The summed E-state index contributed by atoms with van der Waals surface area (Å²) >= 11 is 0. The third-order valence-electron chi connectivity index (χ3n) is 3.89. The molecular weight excluding hydrogens is 332 g/mol. The summed E-state index contributed by atoms with van der Waals surface area (Å²) in [5.41, 5.74) is -2.13. The fraction of sp³-hybridized carbons (Fsp3) is 0.333. The number of halogens is 4. The molecule has 1 aromatic heterocycles. The van der Waals surface area contributed by atoms with Gasteiger partial charge in [-0.05, 0) is 18.2 Å². The Balaban J connectivity index is 2.16. The van der Waals surface area contributed by atoms with Gasteiger partial charge in [-0.2, -0.15) is 13.2 Å². The maximum atomic E-state index is 13.5. The summed E-state index contributed by atoms with van der Waals surface area (Å²) in [6, 6.07) is 2.75. The molecule has 128 valence electrons. The largest absolute Gasteiger partial charge is 0.417 e. The van der Waals surface area contributed by atoms with Crippen LogP contribution in [0.4, 0.5) is 17.6 Å². The van der Waals surface area contributed by atoms with Crippen LogP contribution in [0, 0.1) is 5.82 Å². The summed E-state index contributed by atoms with van der Waals surface area (Å²) < 4.78 is 53.9. The molecule has 5 nitrogen and oxygen atoms in total. The number of benzene rings is 1. The van der Waals surface area contributed by atoms with Gasteiger partial charge in [0.05, 0.1) is 28.9 Å². The molecule has 1 saturated heterocycles. The third kappa shape index (κ3) is 2.80. The molecule has 0 spiro atoms. The molecule has 0 unspecified atom stereocenters. The molecule has 1 aliphatic heterocycles. The van der Waals surface area contributed by atoms with Crippen molar-refractivity contribution in [1.82, 2.24) is 9.88 Å². The first kappa shape index (κ1) is 16.6. The number of β-amino-alcohol motifs (C(OH)–C–C–N with tert-alkyl or cyclic N) is 2. The van der Waals surface area contributed by atoms with Crippen molar-refractivity contribution in [2.24, 2.45) is 0 Å². The number of hydrogen-bond donors (Lipinski definition) is 2. The molecule has 2 atom stereocenters. The molecule has 24 heavy (non-hydrogen) atoms. The van der Waals surface area contributed by atoms with Crippen LogP contribution in [-0.2, 0) is 6.18 Å². The third-order valence-corrected chi connectivity index (χ3v) is 3.89. The number of carbonyl (C=O) groups is 1. The van der Waals surface area contributed by atoms with Crippen LogP contribution in [0.1, 0.15) is 15.9 Å². The van der Waals surface area contributed by atoms with Crippen LogP contribution in [0.3, 0.4) is 0 Å². The van der Waals surface area contributed by atoms with Crippen LogP contribution in [0.15, 0.2) is 24.4 Å². The molecule has 1 amide bonds. The number of likely N-dealkylation sites (tertiary alicyclic amines) is 1. The number of nitrogens with zero attached hydrogens (tertiary/aromatic N) is 2. The summed E-state index contributed by atoms with van der Waals surface area (Å²) in [4.78, 5) is 17.1. The molecule has 3 rings (SSSR count). The molecule has 1 aliphatic rings. The number of aromatic nitrogens is 1. The van der Waals surface area contributed by atoms with E-state index in [1.807, 2.05) is 0 Å². The van der Waals surface area contributed by atoms with E-state index in [9.17, 15) is 32.6 Å². The Morgan fingerprint density at radius 3 is 2.42 bits per heavy atom. The molecule has 0 saturated carbocycles. The lowest BCUT2D eigenvalue weighted by Gasteiger charge is -2.20. The van der Waals surface area contributed by atoms with Crippen LogP contribution in [0.25, 0.3) is 10.9 Å². The lowest BCUT2D eigenvalue weighted by molar-refractivity contribution is -0.136. The van der Waals surface area contributed by atoms with Crippen molar-refractivity contribution < 1.29 is 32.6 Å². The number of alkyl halides is 3. The van der Waals surface area contributed by atoms with Gasteiger partial charge >= 0.3 is 6.18 Å². The van der Waals surface area contributed by atoms with Crippen LogP contribution >= 0.6 is 0 Å². The molecular formula is C15H12F4N2O3. The average Bonchev–Trinajstić information content (AvgIpc) is 2.83. The second kappa shape index (κ2) is 5.67.